The number of hydrogen-bond donors (Lipinski definition) is 10. The van der Waals surface area contributed by atoms with Gasteiger partial charge in [-0.15, -0.1) is 0 Å². The molecule has 13 N–H and O–H groups in total. The van der Waals surface area contributed by atoms with Crippen LogP contribution in [0.25, 0.3) is 0 Å². The molecule has 4 atom stereocenters. The molecule has 210 valence electrons. The van der Waals surface area contributed by atoms with Crippen LogP contribution in [0.15, 0.2) is 29.3 Å². The number of carbonyl (C=O) groups excluding carboxylic acids is 3. The maximum atomic E-state index is 12.7. The van der Waals surface area contributed by atoms with Crippen LogP contribution in [-0.4, -0.2) is 93.4 Å². The highest BCUT2D eigenvalue weighted by atomic mass is 16.4. The van der Waals surface area contributed by atoms with Crippen molar-refractivity contribution in [1.82, 2.24) is 16.0 Å². The first-order valence-electron chi connectivity index (χ1n) is 11.4. The van der Waals surface area contributed by atoms with Gasteiger partial charge in [0.2, 0.25) is 17.7 Å². The van der Waals surface area contributed by atoms with Crippen LogP contribution in [0.2, 0.25) is 0 Å². The Hall–Kier alpha value is -4.44. The molecule has 38 heavy (non-hydrogen) atoms. The lowest BCUT2D eigenvalue weighted by molar-refractivity contribution is -0.143. The molecule has 0 fully saturated rings. The number of carboxylic acids is 2. The molecule has 0 aromatic heterocycles. The molecular weight excluding hydrogens is 506 g/mol. The van der Waals surface area contributed by atoms with E-state index >= 15 is 0 Å². The van der Waals surface area contributed by atoms with Crippen LogP contribution >= 0.6 is 0 Å². The van der Waals surface area contributed by atoms with Gasteiger partial charge in [0.1, 0.15) is 23.9 Å². The summed E-state index contributed by atoms with van der Waals surface area (Å²) >= 11 is 0. The minimum atomic E-state index is -1.66. The number of aliphatic imine (C=N–C) groups is 1. The minimum absolute atomic E-state index is 0.0392. The van der Waals surface area contributed by atoms with E-state index in [4.69, 9.17) is 22.3 Å². The monoisotopic (exact) mass is 539 g/mol. The fraction of sp³-hybridized carbons (Fsp3) is 0.455. The van der Waals surface area contributed by atoms with E-state index in [0.717, 1.165) is 0 Å². The van der Waals surface area contributed by atoms with Gasteiger partial charge in [-0.1, -0.05) is 12.1 Å². The number of nitrogens with two attached hydrogens (primary N) is 3. The van der Waals surface area contributed by atoms with Gasteiger partial charge in [0, 0.05) is 13.0 Å². The molecule has 0 aliphatic rings. The van der Waals surface area contributed by atoms with Gasteiger partial charge in [0.15, 0.2) is 5.96 Å². The van der Waals surface area contributed by atoms with Gasteiger partial charge in [-0.3, -0.25) is 24.2 Å². The average molecular weight is 540 g/mol. The Kier molecular flexibility index (Phi) is 13.0. The molecule has 16 heteroatoms. The molecule has 0 aliphatic heterocycles. The predicted octanol–water partition coefficient (Wildman–Crippen LogP) is -3.68. The van der Waals surface area contributed by atoms with Gasteiger partial charge in [-0.2, -0.15) is 0 Å². The zero-order valence-electron chi connectivity index (χ0n) is 20.4. The Labute approximate surface area is 217 Å². The van der Waals surface area contributed by atoms with Crippen molar-refractivity contribution in [2.45, 2.75) is 49.9 Å². The van der Waals surface area contributed by atoms with Crippen LogP contribution in [0.5, 0.6) is 5.75 Å². The first-order chi connectivity index (χ1) is 17.8. The third kappa shape index (κ3) is 11.5. The third-order valence-electron chi connectivity index (χ3n) is 5.12. The van der Waals surface area contributed by atoms with Crippen molar-refractivity contribution in [2.75, 3.05) is 13.2 Å². The van der Waals surface area contributed by atoms with E-state index in [0.29, 0.717) is 12.0 Å². The summed E-state index contributed by atoms with van der Waals surface area (Å²) in [6.45, 7) is -0.763. The SMILES string of the molecule is NC(N)=NCCCC(N)C(=O)NC(CC(=O)O)C(=O)NC(CO)C(=O)NC(Cc1ccc(O)cc1)C(=O)O. The fourth-order valence-electron chi connectivity index (χ4n) is 3.12. The van der Waals surface area contributed by atoms with Crippen molar-refractivity contribution in [2.24, 2.45) is 22.2 Å². The number of aliphatic carboxylic acids is 2. The number of amides is 3. The van der Waals surface area contributed by atoms with E-state index in [1.54, 1.807) is 0 Å². The van der Waals surface area contributed by atoms with Crippen molar-refractivity contribution >= 4 is 35.6 Å². The second-order valence-electron chi connectivity index (χ2n) is 8.23. The van der Waals surface area contributed by atoms with Crippen molar-refractivity contribution < 1.29 is 44.4 Å². The smallest absolute Gasteiger partial charge is 0.326 e. The fourth-order valence-corrected chi connectivity index (χ4v) is 3.12. The number of nitrogens with zero attached hydrogens (tertiary/aromatic N) is 1. The largest absolute Gasteiger partial charge is 0.508 e. The Bertz CT molecular complexity index is 1010. The minimum Gasteiger partial charge on any atom is -0.508 e. The molecule has 4 unspecified atom stereocenters. The van der Waals surface area contributed by atoms with Gasteiger partial charge >= 0.3 is 11.9 Å². The number of hydrogen-bond acceptors (Lipinski definition) is 9. The van der Waals surface area contributed by atoms with Crippen molar-refractivity contribution in [3.8, 4) is 5.75 Å². The van der Waals surface area contributed by atoms with Gasteiger partial charge in [-0.25, -0.2) is 4.79 Å². The number of aromatic hydroxyl groups is 1. The molecule has 0 saturated heterocycles. The summed E-state index contributed by atoms with van der Waals surface area (Å²) in [5.74, 6) is -6.06. The molecule has 0 spiro atoms. The van der Waals surface area contributed by atoms with E-state index in [2.05, 4.69) is 20.9 Å². The van der Waals surface area contributed by atoms with Crippen LogP contribution in [0.4, 0.5) is 0 Å². The maximum Gasteiger partial charge on any atom is 0.326 e. The van der Waals surface area contributed by atoms with Gasteiger partial charge in [0.25, 0.3) is 0 Å². The van der Waals surface area contributed by atoms with Crippen LogP contribution in [-0.2, 0) is 30.4 Å². The molecule has 1 rings (SSSR count). The van der Waals surface area contributed by atoms with Crippen LogP contribution in [0, 0.1) is 0 Å². The summed E-state index contributed by atoms with van der Waals surface area (Å²) in [4.78, 5) is 64.2. The lowest BCUT2D eigenvalue weighted by atomic mass is 10.1. The molecule has 1 aromatic rings. The number of benzene rings is 1. The van der Waals surface area contributed by atoms with Crippen molar-refractivity contribution in [1.29, 1.82) is 0 Å². The number of aliphatic hydroxyl groups excluding tert-OH is 1. The second kappa shape index (κ2) is 15.6. The molecule has 1 aromatic carbocycles. The van der Waals surface area contributed by atoms with Gasteiger partial charge < -0.3 is 53.6 Å². The standard InChI is InChI=1S/C22H33N7O9/c23-13(2-1-7-26-22(24)25)18(34)27-14(9-17(32)33)19(35)29-16(10-30)20(36)28-15(21(37)38)8-11-3-5-12(31)6-4-11/h3-6,13-16,30-31H,1-2,7-10,23H2,(H,27,34)(H,28,36)(H,29,35)(H,32,33)(H,37,38)(H4,24,25,26). The Morgan fingerprint density at radius 3 is 1.95 bits per heavy atom. The Morgan fingerprint density at radius 2 is 1.42 bits per heavy atom. The number of phenolic OH excluding ortho intramolecular Hbond substituents is 1. The molecule has 0 saturated carbocycles. The lowest BCUT2D eigenvalue weighted by Gasteiger charge is -2.23. The summed E-state index contributed by atoms with van der Waals surface area (Å²) in [5, 5.41) is 44.0. The van der Waals surface area contributed by atoms with Crippen LogP contribution < -0.4 is 33.2 Å². The van der Waals surface area contributed by atoms with E-state index in [1.165, 1.54) is 24.3 Å². The van der Waals surface area contributed by atoms with E-state index in [9.17, 15) is 39.3 Å². The van der Waals surface area contributed by atoms with Crippen LogP contribution in [0.1, 0.15) is 24.8 Å². The zero-order chi connectivity index (χ0) is 28.8. The maximum absolute atomic E-state index is 12.7. The number of phenols is 1. The molecule has 16 nitrogen and oxygen atoms in total. The summed E-state index contributed by atoms with van der Waals surface area (Å²) in [6.07, 6.45) is -0.601. The molecule has 0 aliphatic carbocycles. The molecule has 0 radical (unpaired) electrons. The van der Waals surface area contributed by atoms with Gasteiger partial charge in [-0.05, 0) is 30.5 Å². The molecule has 0 bridgehead atoms. The van der Waals surface area contributed by atoms with Crippen molar-refractivity contribution in [3.05, 3.63) is 29.8 Å². The summed E-state index contributed by atoms with van der Waals surface area (Å²) in [5.41, 5.74) is 16.6. The number of nitrogens with one attached hydrogen (secondary N) is 3. The predicted molar refractivity (Wildman–Crippen MR) is 132 cm³/mol. The third-order valence-corrected chi connectivity index (χ3v) is 5.12. The lowest BCUT2D eigenvalue weighted by Crippen LogP contribution is -2.58. The Balaban J connectivity index is 2.83. The number of rotatable bonds is 16. The quantitative estimate of drug-likeness (QED) is 0.0552. The van der Waals surface area contributed by atoms with Crippen LogP contribution in [0.3, 0.4) is 0 Å². The highest BCUT2D eigenvalue weighted by Crippen LogP contribution is 2.11. The molecule has 0 heterocycles. The second-order valence-corrected chi connectivity index (χ2v) is 8.23. The number of carboxylic acid groups (broad SMARTS) is 2. The first-order valence-corrected chi connectivity index (χ1v) is 11.4. The number of guanidine groups is 1. The summed E-state index contributed by atoms with van der Waals surface area (Å²) in [6, 6.07) is -0.324. The highest BCUT2D eigenvalue weighted by molar-refractivity contribution is 5.95. The first kappa shape index (κ1) is 31.6. The van der Waals surface area contributed by atoms with E-state index in [1.807, 2.05) is 0 Å². The highest BCUT2D eigenvalue weighted by Gasteiger charge is 2.31. The topological polar surface area (TPSA) is 293 Å². The molecular formula is C22H33N7O9. The number of aliphatic hydroxyl groups is 1. The van der Waals surface area contributed by atoms with Gasteiger partial charge in [0.05, 0.1) is 19.1 Å². The normalized spacial score (nSPS) is 13.7. The molecule has 3 amide bonds. The zero-order valence-corrected chi connectivity index (χ0v) is 20.4. The summed E-state index contributed by atoms with van der Waals surface area (Å²) in [7, 11) is 0. The summed E-state index contributed by atoms with van der Waals surface area (Å²) < 4.78 is 0. The van der Waals surface area contributed by atoms with E-state index < -0.39 is 66.9 Å². The number of carbonyl (C=O) groups is 5. The van der Waals surface area contributed by atoms with E-state index in [-0.39, 0.29) is 31.1 Å². The average Bonchev–Trinajstić information content (AvgIpc) is 2.84. The Morgan fingerprint density at radius 1 is 0.868 bits per heavy atom. The van der Waals surface area contributed by atoms with Crippen molar-refractivity contribution in [3.63, 3.8) is 0 Å².